The van der Waals surface area contributed by atoms with Crippen LogP contribution in [-0.2, 0) is 14.3 Å². The molecule has 1 saturated carbocycles. The highest BCUT2D eigenvalue weighted by molar-refractivity contribution is 5.89. The molecule has 114 valence electrons. The fourth-order valence-electron chi connectivity index (χ4n) is 2.58. The van der Waals surface area contributed by atoms with Crippen LogP contribution in [0.2, 0.25) is 0 Å². The number of hydrogen-bond acceptors (Lipinski definition) is 4. The van der Waals surface area contributed by atoms with Gasteiger partial charge < -0.3 is 9.47 Å². The van der Waals surface area contributed by atoms with Crippen molar-refractivity contribution in [2.75, 3.05) is 7.11 Å². The lowest BCUT2D eigenvalue weighted by molar-refractivity contribution is -0.147. The van der Waals surface area contributed by atoms with E-state index in [2.05, 4.69) is 0 Å². The van der Waals surface area contributed by atoms with Gasteiger partial charge in [-0.25, -0.2) is 9.18 Å². The highest BCUT2D eigenvalue weighted by atomic mass is 19.1. The fourth-order valence-corrected chi connectivity index (χ4v) is 2.58. The smallest absolute Gasteiger partial charge is 0.341 e. The lowest BCUT2D eigenvalue weighted by Crippen LogP contribution is -2.28. The van der Waals surface area contributed by atoms with Crippen molar-refractivity contribution in [3.05, 3.63) is 35.1 Å². The van der Waals surface area contributed by atoms with Gasteiger partial charge in [0.25, 0.3) is 0 Å². The van der Waals surface area contributed by atoms with Crippen molar-refractivity contribution < 1.29 is 23.5 Å². The Hall–Kier alpha value is -1.91. The van der Waals surface area contributed by atoms with Crippen molar-refractivity contribution in [1.82, 2.24) is 0 Å². The molecule has 0 spiro atoms. The normalized spacial score (nSPS) is 21.7. The molecule has 0 amide bonds. The first-order valence-electron chi connectivity index (χ1n) is 7.06. The molecule has 0 aromatic heterocycles. The highest BCUT2D eigenvalue weighted by Crippen LogP contribution is 2.28. The maximum atomic E-state index is 13.7. The van der Waals surface area contributed by atoms with E-state index in [-0.39, 0.29) is 23.6 Å². The van der Waals surface area contributed by atoms with Crippen molar-refractivity contribution in [2.24, 2.45) is 5.92 Å². The molecule has 0 atom stereocenters. The van der Waals surface area contributed by atoms with Gasteiger partial charge in [-0.1, -0.05) is 6.07 Å². The average molecular weight is 294 g/mol. The van der Waals surface area contributed by atoms with Crippen LogP contribution in [0.3, 0.4) is 0 Å². The van der Waals surface area contributed by atoms with Gasteiger partial charge in [-0.3, -0.25) is 4.79 Å². The Kier molecular flexibility index (Phi) is 4.94. The van der Waals surface area contributed by atoms with Crippen LogP contribution in [0.1, 0.15) is 41.6 Å². The van der Waals surface area contributed by atoms with E-state index in [4.69, 9.17) is 9.47 Å². The second-order valence-corrected chi connectivity index (χ2v) is 5.39. The predicted molar refractivity (Wildman–Crippen MR) is 74.3 cm³/mol. The van der Waals surface area contributed by atoms with E-state index in [1.54, 1.807) is 13.0 Å². The van der Waals surface area contributed by atoms with E-state index in [1.807, 2.05) is 0 Å². The number of hydrogen-bond donors (Lipinski definition) is 0. The van der Waals surface area contributed by atoms with Gasteiger partial charge >= 0.3 is 11.9 Å². The molecule has 0 unspecified atom stereocenters. The zero-order valence-electron chi connectivity index (χ0n) is 12.2. The zero-order valence-corrected chi connectivity index (χ0v) is 12.2. The molecule has 0 bridgehead atoms. The summed E-state index contributed by atoms with van der Waals surface area (Å²) in [6, 6.07) is 4.42. The van der Waals surface area contributed by atoms with Gasteiger partial charge in [-0.05, 0) is 50.3 Å². The number of methoxy groups -OCH3 is 1. The maximum Gasteiger partial charge on any atom is 0.341 e. The number of carbonyl (C=O) groups excluding carboxylic acids is 2. The van der Waals surface area contributed by atoms with Crippen LogP contribution in [0.25, 0.3) is 0 Å². The van der Waals surface area contributed by atoms with Crippen LogP contribution in [0, 0.1) is 18.7 Å². The third kappa shape index (κ3) is 3.80. The van der Waals surface area contributed by atoms with Crippen LogP contribution in [0.15, 0.2) is 18.2 Å². The number of halogens is 1. The second kappa shape index (κ2) is 6.70. The molecule has 1 aromatic carbocycles. The van der Waals surface area contributed by atoms with Crippen molar-refractivity contribution in [1.29, 1.82) is 0 Å². The molecule has 0 saturated heterocycles. The Bertz CT molecular complexity index is 533. The molecule has 0 N–H and O–H groups in total. The molecule has 5 heteroatoms. The SMILES string of the molecule is COC(=O)C1CCC(OC(=O)c2ccc(C)cc2F)CC1. The third-order valence-electron chi connectivity index (χ3n) is 3.83. The van der Waals surface area contributed by atoms with Gasteiger partial charge in [-0.2, -0.15) is 0 Å². The Morgan fingerprint density at radius 2 is 1.86 bits per heavy atom. The first kappa shape index (κ1) is 15.5. The third-order valence-corrected chi connectivity index (χ3v) is 3.83. The van der Waals surface area contributed by atoms with E-state index in [9.17, 15) is 14.0 Å². The molecular weight excluding hydrogens is 275 g/mol. The summed E-state index contributed by atoms with van der Waals surface area (Å²) in [4.78, 5) is 23.4. The Morgan fingerprint density at radius 3 is 2.43 bits per heavy atom. The van der Waals surface area contributed by atoms with Crippen molar-refractivity contribution in [3.8, 4) is 0 Å². The number of ether oxygens (including phenoxy) is 2. The number of rotatable bonds is 3. The van der Waals surface area contributed by atoms with Crippen molar-refractivity contribution in [3.63, 3.8) is 0 Å². The average Bonchev–Trinajstić information content (AvgIpc) is 2.47. The monoisotopic (exact) mass is 294 g/mol. The summed E-state index contributed by atoms with van der Waals surface area (Å²) in [6.07, 6.45) is 2.18. The molecular formula is C16H19FO4. The Morgan fingerprint density at radius 1 is 1.19 bits per heavy atom. The number of esters is 2. The van der Waals surface area contributed by atoms with Gasteiger partial charge in [0.15, 0.2) is 0 Å². The summed E-state index contributed by atoms with van der Waals surface area (Å²) in [5.41, 5.74) is 0.707. The number of benzene rings is 1. The standard InChI is InChI=1S/C16H19FO4/c1-10-3-8-13(14(17)9-10)16(19)21-12-6-4-11(5-7-12)15(18)20-2/h3,8-9,11-12H,4-7H2,1-2H3. The van der Waals surface area contributed by atoms with Crippen molar-refractivity contribution in [2.45, 2.75) is 38.7 Å². The molecule has 2 rings (SSSR count). The van der Waals surface area contributed by atoms with Crippen LogP contribution in [0.5, 0.6) is 0 Å². The molecule has 1 aliphatic carbocycles. The van der Waals surface area contributed by atoms with Crippen LogP contribution in [-0.4, -0.2) is 25.2 Å². The fraction of sp³-hybridized carbons (Fsp3) is 0.500. The van der Waals surface area contributed by atoms with E-state index < -0.39 is 11.8 Å². The minimum absolute atomic E-state index is 0.0457. The summed E-state index contributed by atoms with van der Waals surface area (Å²) in [6.45, 7) is 1.76. The van der Waals surface area contributed by atoms with E-state index in [1.165, 1.54) is 19.2 Å². The first-order valence-corrected chi connectivity index (χ1v) is 7.06. The molecule has 0 heterocycles. The van der Waals surface area contributed by atoms with Gasteiger partial charge in [-0.15, -0.1) is 0 Å². The summed E-state index contributed by atoms with van der Waals surface area (Å²) in [5, 5.41) is 0. The van der Waals surface area contributed by atoms with Gasteiger partial charge in [0, 0.05) is 0 Å². The molecule has 1 aliphatic rings. The zero-order chi connectivity index (χ0) is 15.4. The first-order chi connectivity index (χ1) is 10.0. The Labute approximate surface area is 123 Å². The van der Waals surface area contributed by atoms with Crippen molar-refractivity contribution >= 4 is 11.9 Å². The maximum absolute atomic E-state index is 13.7. The largest absolute Gasteiger partial charge is 0.469 e. The summed E-state index contributed by atoms with van der Waals surface area (Å²) < 4.78 is 23.7. The Balaban J connectivity index is 1.91. The topological polar surface area (TPSA) is 52.6 Å². The van der Waals surface area contributed by atoms with E-state index >= 15 is 0 Å². The molecule has 0 radical (unpaired) electrons. The highest BCUT2D eigenvalue weighted by Gasteiger charge is 2.29. The van der Waals surface area contributed by atoms with E-state index in [0.29, 0.717) is 25.7 Å². The molecule has 0 aliphatic heterocycles. The summed E-state index contributed by atoms with van der Waals surface area (Å²) in [5.74, 6) is -1.55. The molecule has 4 nitrogen and oxygen atoms in total. The lowest BCUT2D eigenvalue weighted by Gasteiger charge is -2.26. The minimum atomic E-state index is -0.644. The van der Waals surface area contributed by atoms with E-state index in [0.717, 1.165) is 5.56 Å². The quantitative estimate of drug-likeness (QED) is 0.804. The van der Waals surface area contributed by atoms with Gasteiger partial charge in [0.1, 0.15) is 11.9 Å². The van der Waals surface area contributed by atoms with Crippen LogP contribution < -0.4 is 0 Å². The summed E-state index contributed by atoms with van der Waals surface area (Å²) >= 11 is 0. The van der Waals surface area contributed by atoms with Crippen LogP contribution >= 0.6 is 0 Å². The minimum Gasteiger partial charge on any atom is -0.469 e. The number of aryl methyl sites for hydroxylation is 1. The van der Waals surface area contributed by atoms with Gasteiger partial charge in [0.05, 0.1) is 18.6 Å². The predicted octanol–water partition coefficient (Wildman–Crippen LogP) is 3.02. The van der Waals surface area contributed by atoms with Crippen LogP contribution in [0.4, 0.5) is 4.39 Å². The molecule has 1 aromatic rings. The molecule has 1 fully saturated rings. The van der Waals surface area contributed by atoms with Gasteiger partial charge in [0.2, 0.25) is 0 Å². The second-order valence-electron chi connectivity index (χ2n) is 5.39. The lowest BCUT2D eigenvalue weighted by atomic mass is 9.87. The summed E-state index contributed by atoms with van der Waals surface area (Å²) in [7, 11) is 1.37. The number of carbonyl (C=O) groups is 2. The molecule has 21 heavy (non-hydrogen) atoms.